The van der Waals surface area contributed by atoms with E-state index in [9.17, 15) is 4.79 Å². The highest BCUT2D eigenvalue weighted by Gasteiger charge is 2.34. The summed E-state index contributed by atoms with van der Waals surface area (Å²) in [7, 11) is 0. The molecule has 0 atom stereocenters. The fourth-order valence-corrected chi connectivity index (χ4v) is 3.46. The van der Waals surface area contributed by atoms with E-state index in [4.69, 9.17) is 5.73 Å². The fourth-order valence-electron chi connectivity index (χ4n) is 2.50. The van der Waals surface area contributed by atoms with E-state index in [2.05, 4.69) is 13.0 Å². The molecule has 1 amide bonds. The lowest BCUT2D eigenvalue weighted by atomic mass is 10.1. The van der Waals surface area contributed by atoms with Crippen molar-refractivity contribution in [1.82, 2.24) is 4.90 Å². The molecule has 0 radical (unpaired) electrons. The van der Waals surface area contributed by atoms with Gasteiger partial charge in [-0.25, -0.2) is 0 Å². The SMILES string of the molecule is CCc1ccsc1C(=O)N(Cc1ccc(N)cc1)C1CC1. The van der Waals surface area contributed by atoms with Gasteiger partial charge in [0.25, 0.3) is 5.91 Å². The van der Waals surface area contributed by atoms with Crippen molar-refractivity contribution in [1.29, 1.82) is 0 Å². The van der Waals surface area contributed by atoms with Crippen LogP contribution >= 0.6 is 11.3 Å². The van der Waals surface area contributed by atoms with Gasteiger partial charge in [0.05, 0.1) is 4.88 Å². The Kier molecular flexibility index (Phi) is 3.97. The molecule has 0 spiro atoms. The number of anilines is 1. The molecule has 1 fully saturated rings. The topological polar surface area (TPSA) is 46.3 Å². The molecule has 110 valence electrons. The first-order valence-corrected chi connectivity index (χ1v) is 8.28. The van der Waals surface area contributed by atoms with Crippen LogP contribution in [0.5, 0.6) is 0 Å². The van der Waals surface area contributed by atoms with Gasteiger partial charge in [-0.05, 0) is 54.0 Å². The van der Waals surface area contributed by atoms with E-state index in [0.29, 0.717) is 12.6 Å². The second-order valence-corrected chi connectivity index (χ2v) is 6.45. The Labute approximate surface area is 129 Å². The first-order valence-electron chi connectivity index (χ1n) is 7.40. The van der Waals surface area contributed by atoms with Crippen LogP contribution in [-0.2, 0) is 13.0 Å². The third-order valence-electron chi connectivity index (χ3n) is 3.90. The van der Waals surface area contributed by atoms with Crippen LogP contribution in [0.3, 0.4) is 0 Å². The first-order chi connectivity index (χ1) is 10.2. The largest absolute Gasteiger partial charge is 0.399 e. The van der Waals surface area contributed by atoms with Crippen molar-refractivity contribution < 1.29 is 4.79 Å². The predicted molar refractivity (Wildman–Crippen MR) is 87.4 cm³/mol. The number of hydrogen-bond donors (Lipinski definition) is 1. The average Bonchev–Trinajstić information content (AvgIpc) is 3.22. The number of benzene rings is 1. The number of aryl methyl sites for hydroxylation is 1. The van der Waals surface area contributed by atoms with Crippen LogP contribution in [0.1, 0.15) is 40.6 Å². The maximum atomic E-state index is 12.9. The van der Waals surface area contributed by atoms with Crippen LogP contribution < -0.4 is 5.73 Å². The maximum Gasteiger partial charge on any atom is 0.264 e. The molecule has 21 heavy (non-hydrogen) atoms. The van der Waals surface area contributed by atoms with Gasteiger partial charge in [0.1, 0.15) is 0 Å². The van der Waals surface area contributed by atoms with Crippen LogP contribution in [0.4, 0.5) is 5.69 Å². The summed E-state index contributed by atoms with van der Waals surface area (Å²) in [6, 6.07) is 10.3. The van der Waals surface area contributed by atoms with E-state index in [0.717, 1.165) is 41.0 Å². The van der Waals surface area contributed by atoms with Crippen LogP contribution in [-0.4, -0.2) is 16.8 Å². The van der Waals surface area contributed by atoms with Crippen molar-refractivity contribution >= 4 is 22.9 Å². The number of rotatable bonds is 5. The monoisotopic (exact) mass is 300 g/mol. The lowest BCUT2D eigenvalue weighted by molar-refractivity contribution is 0.0734. The van der Waals surface area contributed by atoms with E-state index in [1.54, 1.807) is 11.3 Å². The van der Waals surface area contributed by atoms with E-state index >= 15 is 0 Å². The summed E-state index contributed by atoms with van der Waals surface area (Å²) in [6.07, 6.45) is 3.14. The summed E-state index contributed by atoms with van der Waals surface area (Å²) in [5.74, 6) is 0.182. The number of thiophene rings is 1. The molecule has 0 bridgehead atoms. The zero-order chi connectivity index (χ0) is 14.8. The van der Waals surface area contributed by atoms with Gasteiger partial charge < -0.3 is 10.6 Å². The van der Waals surface area contributed by atoms with E-state index < -0.39 is 0 Å². The lowest BCUT2D eigenvalue weighted by Gasteiger charge is -2.22. The summed E-state index contributed by atoms with van der Waals surface area (Å²) in [5.41, 5.74) is 8.78. The molecule has 0 saturated heterocycles. The third-order valence-corrected chi connectivity index (χ3v) is 4.85. The maximum absolute atomic E-state index is 12.9. The quantitative estimate of drug-likeness (QED) is 0.856. The minimum atomic E-state index is 0.182. The molecule has 1 heterocycles. The van der Waals surface area contributed by atoms with Gasteiger partial charge in [0.2, 0.25) is 0 Å². The van der Waals surface area contributed by atoms with Crippen LogP contribution in [0.25, 0.3) is 0 Å². The molecule has 4 heteroatoms. The molecule has 1 aliphatic carbocycles. The summed E-state index contributed by atoms with van der Waals surface area (Å²) < 4.78 is 0. The highest BCUT2D eigenvalue weighted by atomic mass is 32.1. The standard InChI is InChI=1S/C17H20N2OS/c1-2-13-9-10-21-16(13)17(20)19(15-7-8-15)11-12-3-5-14(18)6-4-12/h3-6,9-10,15H,2,7-8,11,18H2,1H3. The molecular formula is C17H20N2OS. The second-order valence-electron chi connectivity index (χ2n) is 5.53. The average molecular weight is 300 g/mol. The molecule has 3 nitrogen and oxygen atoms in total. The molecule has 1 aromatic heterocycles. The molecule has 1 aromatic carbocycles. The highest BCUT2D eigenvalue weighted by molar-refractivity contribution is 7.12. The first kappa shape index (κ1) is 14.1. The van der Waals surface area contributed by atoms with Crippen molar-refractivity contribution in [2.24, 2.45) is 0 Å². The van der Waals surface area contributed by atoms with Crippen molar-refractivity contribution in [2.45, 2.75) is 38.8 Å². The van der Waals surface area contributed by atoms with E-state index in [1.807, 2.05) is 34.5 Å². The fraction of sp³-hybridized carbons (Fsp3) is 0.353. The molecule has 2 N–H and O–H groups in total. The number of nitrogens with two attached hydrogens (primary N) is 1. The predicted octanol–water partition coefficient (Wildman–Crippen LogP) is 3.70. The molecule has 0 aliphatic heterocycles. The number of carbonyl (C=O) groups excluding carboxylic acids is 1. The minimum Gasteiger partial charge on any atom is -0.399 e. The number of amides is 1. The Morgan fingerprint density at radius 3 is 2.62 bits per heavy atom. The van der Waals surface area contributed by atoms with Crippen LogP contribution in [0.15, 0.2) is 35.7 Å². The Hall–Kier alpha value is -1.81. The second kappa shape index (κ2) is 5.90. The number of nitrogen functional groups attached to an aromatic ring is 1. The number of hydrogen-bond acceptors (Lipinski definition) is 3. The summed E-state index contributed by atoms with van der Waals surface area (Å²) in [6.45, 7) is 2.77. The van der Waals surface area contributed by atoms with Gasteiger partial charge in [-0.2, -0.15) is 0 Å². The van der Waals surface area contributed by atoms with Crippen LogP contribution in [0, 0.1) is 0 Å². The van der Waals surface area contributed by atoms with Crippen molar-refractivity contribution in [2.75, 3.05) is 5.73 Å². The number of nitrogens with zero attached hydrogens (tertiary/aromatic N) is 1. The number of carbonyl (C=O) groups is 1. The van der Waals surface area contributed by atoms with Crippen molar-refractivity contribution in [3.63, 3.8) is 0 Å². The van der Waals surface area contributed by atoms with E-state index in [-0.39, 0.29) is 5.91 Å². The minimum absolute atomic E-state index is 0.182. The van der Waals surface area contributed by atoms with Gasteiger partial charge in [0.15, 0.2) is 0 Å². The molecule has 2 aromatic rings. The molecule has 1 aliphatic rings. The lowest BCUT2D eigenvalue weighted by Crippen LogP contribution is -2.32. The summed E-state index contributed by atoms with van der Waals surface area (Å²) >= 11 is 1.56. The highest BCUT2D eigenvalue weighted by Crippen LogP contribution is 2.31. The zero-order valence-electron chi connectivity index (χ0n) is 12.2. The third kappa shape index (κ3) is 3.10. The molecule has 3 rings (SSSR count). The molecule has 0 unspecified atom stereocenters. The molecule has 1 saturated carbocycles. The van der Waals surface area contributed by atoms with E-state index in [1.165, 1.54) is 0 Å². The molecular weight excluding hydrogens is 280 g/mol. The Morgan fingerprint density at radius 1 is 1.29 bits per heavy atom. The summed E-state index contributed by atoms with van der Waals surface area (Å²) in [4.78, 5) is 15.8. The zero-order valence-corrected chi connectivity index (χ0v) is 13.0. The van der Waals surface area contributed by atoms with Crippen molar-refractivity contribution in [3.05, 3.63) is 51.7 Å². The van der Waals surface area contributed by atoms with Gasteiger partial charge in [-0.15, -0.1) is 11.3 Å². The Morgan fingerprint density at radius 2 is 2.00 bits per heavy atom. The van der Waals surface area contributed by atoms with Gasteiger partial charge in [-0.1, -0.05) is 19.1 Å². The summed E-state index contributed by atoms with van der Waals surface area (Å²) in [5, 5.41) is 2.01. The van der Waals surface area contributed by atoms with Crippen molar-refractivity contribution in [3.8, 4) is 0 Å². The smallest absolute Gasteiger partial charge is 0.264 e. The van der Waals surface area contributed by atoms with Gasteiger partial charge >= 0.3 is 0 Å². The Bertz CT molecular complexity index is 628. The Balaban J connectivity index is 1.81. The van der Waals surface area contributed by atoms with Crippen LogP contribution in [0.2, 0.25) is 0 Å². The van der Waals surface area contributed by atoms with Gasteiger partial charge in [0, 0.05) is 18.3 Å². The normalized spacial score (nSPS) is 14.1. The van der Waals surface area contributed by atoms with Gasteiger partial charge in [-0.3, -0.25) is 4.79 Å².